The predicted octanol–water partition coefficient (Wildman–Crippen LogP) is 4.36. The Hall–Kier alpha value is -1.77. The van der Waals surface area contributed by atoms with Gasteiger partial charge < -0.3 is 9.30 Å². The number of epoxide rings is 1. The van der Waals surface area contributed by atoms with E-state index in [-0.39, 0.29) is 0 Å². The highest BCUT2D eigenvalue weighted by molar-refractivity contribution is 6.30. The molecule has 1 aromatic heterocycles. The molecule has 1 saturated heterocycles. The van der Waals surface area contributed by atoms with Gasteiger partial charge in [0.05, 0.1) is 19.3 Å². The summed E-state index contributed by atoms with van der Waals surface area (Å²) < 4.78 is 7.74. The van der Waals surface area contributed by atoms with Crippen molar-refractivity contribution in [3.05, 3.63) is 59.6 Å². The molecule has 0 saturated carbocycles. The third-order valence-electron chi connectivity index (χ3n) is 3.74. The topological polar surface area (TPSA) is 17.5 Å². The summed E-state index contributed by atoms with van der Waals surface area (Å²) in [6.45, 7) is 1.78. The van der Waals surface area contributed by atoms with Gasteiger partial charge in [-0.3, -0.25) is 0 Å². The fraction of sp³-hybridized carbons (Fsp3) is 0.176. The molecule has 0 spiro atoms. The number of benzene rings is 2. The summed E-state index contributed by atoms with van der Waals surface area (Å²) in [6, 6.07) is 18.7. The van der Waals surface area contributed by atoms with E-state index in [1.54, 1.807) is 0 Å². The van der Waals surface area contributed by atoms with Crippen LogP contribution in [0.2, 0.25) is 5.02 Å². The van der Waals surface area contributed by atoms with Gasteiger partial charge in [0.1, 0.15) is 0 Å². The maximum atomic E-state index is 5.99. The lowest BCUT2D eigenvalue weighted by molar-refractivity contribution is 0.386. The Balaban J connectivity index is 1.90. The van der Waals surface area contributed by atoms with Crippen molar-refractivity contribution in [3.8, 4) is 11.3 Å². The molecule has 0 amide bonds. The third-order valence-corrected chi connectivity index (χ3v) is 3.99. The van der Waals surface area contributed by atoms with E-state index in [1.807, 2.05) is 12.1 Å². The number of ether oxygens (including phenoxy) is 1. The van der Waals surface area contributed by atoms with Crippen LogP contribution in [0.3, 0.4) is 0 Å². The number of nitrogens with zero attached hydrogens (tertiary/aromatic N) is 1. The molecule has 0 aliphatic carbocycles. The second-order valence-corrected chi connectivity index (χ2v) is 5.60. The van der Waals surface area contributed by atoms with E-state index in [0.717, 1.165) is 18.2 Å². The highest BCUT2D eigenvalue weighted by Gasteiger charge is 2.25. The number of rotatable bonds is 3. The molecular formula is C17H14ClNO. The molecule has 1 atom stereocenters. The van der Waals surface area contributed by atoms with Crippen molar-refractivity contribution in [2.45, 2.75) is 12.6 Å². The lowest BCUT2D eigenvalue weighted by atomic mass is 10.1. The highest BCUT2D eigenvalue weighted by Crippen LogP contribution is 2.30. The summed E-state index contributed by atoms with van der Waals surface area (Å²) in [5.41, 5.74) is 3.66. The molecule has 2 nitrogen and oxygen atoms in total. The number of para-hydroxylation sites is 1. The number of hydrogen-bond acceptors (Lipinski definition) is 1. The van der Waals surface area contributed by atoms with Crippen LogP contribution in [0.25, 0.3) is 22.2 Å². The molecule has 1 unspecified atom stereocenters. The summed E-state index contributed by atoms with van der Waals surface area (Å²) >= 11 is 5.99. The maximum Gasteiger partial charge on any atom is 0.0988 e. The lowest BCUT2D eigenvalue weighted by Gasteiger charge is -2.09. The van der Waals surface area contributed by atoms with Crippen LogP contribution >= 0.6 is 11.6 Å². The molecule has 3 aromatic rings. The van der Waals surface area contributed by atoms with E-state index in [1.165, 1.54) is 22.2 Å². The minimum atomic E-state index is 0.358. The first-order chi connectivity index (χ1) is 9.81. The van der Waals surface area contributed by atoms with Gasteiger partial charge in [0.25, 0.3) is 0 Å². The van der Waals surface area contributed by atoms with Gasteiger partial charge in [0.2, 0.25) is 0 Å². The van der Waals surface area contributed by atoms with Gasteiger partial charge in [-0.2, -0.15) is 0 Å². The molecule has 0 radical (unpaired) electrons. The average Bonchev–Trinajstić information content (AvgIpc) is 3.21. The van der Waals surface area contributed by atoms with E-state index < -0.39 is 0 Å². The van der Waals surface area contributed by atoms with Crippen LogP contribution < -0.4 is 0 Å². The Morgan fingerprint density at radius 2 is 1.85 bits per heavy atom. The van der Waals surface area contributed by atoms with Gasteiger partial charge in [0, 0.05) is 21.6 Å². The average molecular weight is 284 g/mol. The summed E-state index contributed by atoms with van der Waals surface area (Å²) in [6.07, 6.45) is 0.358. The highest BCUT2D eigenvalue weighted by atomic mass is 35.5. The molecule has 4 rings (SSSR count). The Bertz CT molecular complexity index is 756. The van der Waals surface area contributed by atoms with Crippen molar-refractivity contribution in [3.63, 3.8) is 0 Å². The fourth-order valence-corrected chi connectivity index (χ4v) is 2.77. The fourth-order valence-electron chi connectivity index (χ4n) is 2.64. The van der Waals surface area contributed by atoms with E-state index >= 15 is 0 Å². The second kappa shape index (κ2) is 4.65. The molecule has 3 heteroatoms. The Morgan fingerprint density at radius 1 is 1.10 bits per heavy atom. The monoisotopic (exact) mass is 283 g/mol. The summed E-state index contributed by atoms with van der Waals surface area (Å²) in [5, 5.41) is 2.03. The van der Waals surface area contributed by atoms with Gasteiger partial charge in [0.15, 0.2) is 0 Å². The summed E-state index contributed by atoms with van der Waals surface area (Å²) in [7, 11) is 0. The molecule has 1 aliphatic rings. The smallest absolute Gasteiger partial charge is 0.0988 e. The number of fused-ring (bicyclic) bond motifs is 1. The SMILES string of the molecule is Clc1ccc(-c2cc3ccccc3n2CC2CO2)cc1. The van der Waals surface area contributed by atoms with Crippen LogP contribution in [-0.2, 0) is 11.3 Å². The maximum absolute atomic E-state index is 5.99. The first-order valence-corrected chi connectivity index (χ1v) is 7.15. The van der Waals surface area contributed by atoms with Gasteiger partial charge >= 0.3 is 0 Å². The summed E-state index contributed by atoms with van der Waals surface area (Å²) in [4.78, 5) is 0. The quantitative estimate of drug-likeness (QED) is 0.653. The predicted molar refractivity (Wildman–Crippen MR) is 82.1 cm³/mol. The van der Waals surface area contributed by atoms with Crippen LogP contribution in [0.1, 0.15) is 0 Å². The molecule has 20 heavy (non-hydrogen) atoms. The van der Waals surface area contributed by atoms with Gasteiger partial charge in [-0.25, -0.2) is 0 Å². The minimum Gasteiger partial charge on any atom is -0.371 e. The zero-order valence-electron chi connectivity index (χ0n) is 10.9. The number of aromatic nitrogens is 1. The van der Waals surface area contributed by atoms with Crippen molar-refractivity contribution in [1.29, 1.82) is 0 Å². The van der Waals surface area contributed by atoms with Crippen molar-refractivity contribution >= 4 is 22.5 Å². The summed E-state index contributed by atoms with van der Waals surface area (Å²) in [5.74, 6) is 0. The van der Waals surface area contributed by atoms with Crippen LogP contribution in [0.4, 0.5) is 0 Å². The minimum absolute atomic E-state index is 0.358. The van der Waals surface area contributed by atoms with Crippen molar-refractivity contribution < 1.29 is 4.74 Å². The molecular weight excluding hydrogens is 270 g/mol. The Labute approximate surface area is 122 Å². The zero-order chi connectivity index (χ0) is 13.5. The first-order valence-electron chi connectivity index (χ1n) is 6.77. The normalized spacial score (nSPS) is 17.6. The van der Waals surface area contributed by atoms with E-state index in [9.17, 15) is 0 Å². The van der Waals surface area contributed by atoms with Crippen LogP contribution in [-0.4, -0.2) is 17.3 Å². The molecule has 0 N–H and O–H groups in total. The second-order valence-electron chi connectivity index (χ2n) is 5.16. The largest absolute Gasteiger partial charge is 0.371 e. The van der Waals surface area contributed by atoms with Crippen molar-refractivity contribution in [2.75, 3.05) is 6.61 Å². The Kier molecular flexibility index (Phi) is 2.79. The van der Waals surface area contributed by atoms with Crippen LogP contribution in [0.5, 0.6) is 0 Å². The van der Waals surface area contributed by atoms with Gasteiger partial charge in [-0.15, -0.1) is 0 Å². The Morgan fingerprint density at radius 3 is 2.60 bits per heavy atom. The van der Waals surface area contributed by atoms with Crippen LogP contribution in [0, 0.1) is 0 Å². The molecule has 1 fully saturated rings. The molecule has 2 aromatic carbocycles. The molecule has 1 aliphatic heterocycles. The first kappa shape index (κ1) is 12.0. The van der Waals surface area contributed by atoms with Crippen molar-refractivity contribution in [2.24, 2.45) is 0 Å². The van der Waals surface area contributed by atoms with E-state index in [0.29, 0.717) is 6.10 Å². The number of halogens is 1. The van der Waals surface area contributed by atoms with E-state index in [2.05, 4.69) is 47.0 Å². The van der Waals surface area contributed by atoms with E-state index in [4.69, 9.17) is 16.3 Å². The van der Waals surface area contributed by atoms with Gasteiger partial charge in [-0.1, -0.05) is 41.9 Å². The van der Waals surface area contributed by atoms with Gasteiger partial charge in [-0.05, 0) is 29.8 Å². The zero-order valence-corrected chi connectivity index (χ0v) is 11.7. The molecule has 100 valence electrons. The standard InChI is InChI=1S/C17H14ClNO/c18-14-7-5-12(6-8-14)17-9-13-3-1-2-4-16(13)19(17)10-15-11-20-15/h1-9,15H,10-11H2. The molecule has 0 bridgehead atoms. The van der Waals surface area contributed by atoms with Crippen LogP contribution in [0.15, 0.2) is 54.6 Å². The number of hydrogen-bond donors (Lipinski definition) is 0. The van der Waals surface area contributed by atoms with Crippen molar-refractivity contribution in [1.82, 2.24) is 4.57 Å². The lowest BCUT2D eigenvalue weighted by Crippen LogP contribution is -2.05. The molecule has 2 heterocycles. The third kappa shape index (κ3) is 2.11.